The summed E-state index contributed by atoms with van der Waals surface area (Å²) in [6.45, 7) is 1.26. The van der Waals surface area contributed by atoms with E-state index in [1.54, 1.807) is 48.5 Å². The zero-order valence-corrected chi connectivity index (χ0v) is 11.5. The van der Waals surface area contributed by atoms with E-state index in [0.29, 0.717) is 24.2 Å². The molecular weight excluding hydrogens is 266 g/mol. The Bertz CT molecular complexity index is 569. The van der Waals surface area contributed by atoms with Gasteiger partial charge in [-0.1, -0.05) is 60.7 Å². The molecule has 1 heterocycles. The van der Waals surface area contributed by atoms with E-state index in [4.69, 9.17) is 4.74 Å². The van der Waals surface area contributed by atoms with E-state index in [1.165, 1.54) is 0 Å². The van der Waals surface area contributed by atoms with Gasteiger partial charge in [-0.3, -0.25) is 0 Å². The van der Waals surface area contributed by atoms with E-state index in [9.17, 15) is 9.90 Å². The van der Waals surface area contributed by atoms with Gasteiger partial charge in [0.05, 0.1) is 0 Å². The van der Waals surface area contributed by atoms with Crippen LogP contribution in [0.5, 0.6) is 0 Å². The Hall–Kier alpha value is -2.17. The maximum Gasteiger partial charge on any atom is 0.348 e. The van der Waals surface area contributed by atoms with Gasteiger partial charge in [0.2, 0.25) is 5.60 Å². The van der Waals surface area contributed by atoms with Crippen molar-refractivity contribution in [3.8, 4) is 0 Å². The molecule has 0 aromatic heterocycles. The Balaban J connectivity index is 2.00. The van der Waals surface area contributed by atoms with Crippen molar-refractivity contribution in [2.24, 2.45) is 0 Å². The monoisotopic (exact) mass is 283 g/mol. The maximum atomic E-state index is 12.6. The molecular formula is C17H17NO3. The molecule has 1 aliphatic heterocycles. The molecule has 2 N–H and O–H groups in total. The zero-order chi connectivity index (χ0) is 14.7. The second-order valence-electron chi connectivity index (χ2n) is 5.13. The highest BCUT2D eigenvalue weighted by atomic mass is 16.6. The third kappa shape index (κ3) is 2.55. The smallest absolute Gasteiger partial charge is 0.348 e. The van der Waals surface area contributed by atoms with Gasteiger partial charge in [0.1, 0.15) is 6.10 Å². The summed E-state index contributed by atoms with van der Waals surface area (Å²) in [4.78, 5) is 12.6. The summed E-state index contributed by atoms with van der Waals surface area (Å²) in [6.07, 6.45) is -0.170. The summed E-state index contributed by atoms with van der Waals surface area (Å²) in [5.74, 6) is -0.633. The first-order valence-electron chi connectivity index (χ1n) is 6.96. The highest BCUT2D eigenvalue weighted by Crippen LogP contribution is 2.31. The van der Waals surface area contributed by atoms with Gasteiger partial charge >= 0.3 is 5.97 Å². The van der Waals surface area contributed by atoms with Crippen molar-refractivity contribution in [2.75, 3.05) is 13.1 Å². The predicted molar refractivity (Wildman–Crippen MR) is 78.6 cm³/mol. The van der Waals surface area contributed by atoms with Crippen LogP contribution in [0.25, 0.3) is 0 Å². The van der Waals surface area contributed by atoms with Crippen molar-refractivity contribution in [1.29, 1.82) is 0 Å². The van der Waals surface area contributed by atoms with Crippen LogP contribution in [0.2, 0.25) is 0 Å². The number of carbonyl (C=O) groups excluding carboxylic acids is 1. The number of rotatable bonds is 4. The third-order valence-electron chi connectivity index (χ3n) is 3.70. The molecule has 4 nitrogen and oxygen atoms in total. The molecule has 0 amide bonds. The van der Waals surface area contributed by atoms with Gasteiger partial charge in [0.25, 0.3) is 0 Å². The van der Waals surface area contributed by atoms with Crippen molar-refractivity contribution in [1.82, 2.24) is 5.32 Å². The molecule has 1 saturated heterocycles. The van der Waals surface area contributed by atoms with Crippen molar-refractivity contribution in [2.45, 2.75) is 11.7 Å². The Morgan fingerprint density at radius 2 is 1.48 bits per heavy atom. The van der Waals surface area contributed by atoms with E-state index in [2.05, 4.69) is 5.32 Å². The molecule has 0 unspecified atom stereocenters. The molecule has 108 valence electrons. The second-order valence-corrected chi connectivity index (χ2v) is 5.13. The molecule has 4 heteroatoms. The summed E-state index contributed by atoms with van der Waals surface area (Å²) in [7, 11) is 0. The second kappa shape index (κ2) is 5.68. The molecule has 3 rings (SSSR count). The molecule has 0 atom stereocenters. The van der Waals surface area contributed by atoms with Crippen LogP contribution >= 0.6 is 0 Å². The minimum atomic E-state index is -1.78. The van der Waals surface area contributed by atoms with Gasteiger partial charge in [0, 0.05) is 13.1 Å². The topological polar surface area (TPSA) is 58.6 Å². The molecule has 2 aromatic rings. The van der Waals surface area contributed by atoms with Gasteiger partial charge in [-0.2, -0.15) is 0 Å². The number of nitrogens with one attached hydrogen (secondary N) is 1. The molecule has 2 aromatic carbocycles. The number of aliphatic hydroxyl groups is 1. The Morgan fingerprint density at radius 3 is 1.86 bits per heavy atom. The molecule has 1 fully saturated rings. The van der Waals surface area contributed by atoms with Gasteiger partial charge in [0.15, 0.2) is 0 Å². The minimum absolute atomic E-state index is 0.170. The fourth-order valence-corrected chi connectivity index (χ4v) is 2.34. The molecule has 0 radical (unpaired) electrons. The minimum Gasteiger partial charge on any atom is -0.457 e. The van der Waals surface area contributed by atoms with Crippen LogP contribution in [-0.4, -0.2) is 30.3 Å². The summed E-state index contributed by atoms with van der Waals surface area (Å²) >= 11 is 0. The van der Waals surface area contributed by atoms with Gasteiger partial charge in [-0.25, -0.2) is 4.79 Å². The summed E-state index contributed by atoms with van der Waals surface area (Å²) in [5, 5.41) is 14.1. The maximum absolute atomic E-state index is 12.6. The zero-order valence-electron chi connectivity index (χ0n) is 11.5. The Kier molecular flexibility index (Phi) is 3.73. The van der Waals surface area contributed by atoms with E-state index in [0.717, 1.165) is 0 Å². The standard InChI is InChI=1S/C17H17NO3/c19-16(21-15-11-18-12-15)17(20,13-7-3-1-4-8-13)14-9-5-2-6-10-14/h1-10,15,18,20H,11-12H2. The average Bonchev–Trinajstić information content (AvgIpc) is 2.51. The lowest BCUT2D eigenvalue weighted by atomic mass is 9.86. The number of carbonyl (C=O) groups is 1. The first-order chi connectivity index (χ1) is 10.2. The Labute approximate surface area is 123 Å². The number of benzene rings is 2. The van der Waals surface area contributed by atoms with Crippen molar-refractivity contribution >= 4 is 5.97 Å². The highest BCUT2D eigenvalue weighted by molar-refractivity contribution is 5.85. The molecule has 21 heavy (non-hydrogen) atoms. The van der Waals surface area contributed by atoms with Crippen LogP contribution in [0.1, 0.15) is 11.1 Å². The Morgan fingerprint density at radius 1 is 1.00 bits per heavy atom. The summed E-state index contributed by atoms with van der Waals surface area (Å²) in [6, 6.07) is 17.8. The fraction of sp³-hybridized carbons (Fsp3) is 0.235. The lowest BCUT2D eigenvalue weighted by molar-refractivity contribution is -0.170. The third-order valence-corrected chi connectivity index (χ3v) is 3.70. The largest absolute Gasteiger partial charge is 0.457 e. The number of ether oxygens (including phenoxy) is 1. The van der Waals surface area contributed by atoms with Crippen LogP contribution < -0.4 is 5.32 Å². The van der Waals surface area contributed by atoms with Crippen LogP contribution in [0.15, 0.2) is 60.7 Å². The number of esters is 1. The van der Waals surface area contributed by atoms with Crippen LogP contribution in [0.3, 0.4) is 0 Å². The molecule has 1 aliphatic rings. The lowest BCUT2D eigenvalue weighted by Gasteiger charge is -2.32. The summed E-state index contributed by atoms with van der Waals surface area (Å²) < 4.78 is 5.41. The predicted octanol–water partition coefficient (Wildman–Crippen LogP) is 1.44. The van der Waals surface area contributed by atoms with Crippen LogP contribution in [0.4, 0.5) is 0 Å². The van der Waals surface area contributed by atoms with Crippen molar-refractivity contribution in [3.63, 3.8) is 0 Å². The molecule has 0 spiro atoms. The molecule has 0 aliphatic carbocycles. The van der Waals surface area contributed by atoms with Gasteiger partial charge in [-0.05, 0) is 11.1 Å². The van der Waals surface area contributed by atoms with E-state index < -0.39 is 11.6 Å². The first kappa shape index (κ1) is 13.8. The van der Waals surface area contributed by atoms with Crippen LogP contribution in [0, 0.1) is 0 Å². The van der Waals surface area contributed by atoms with Crippen LogP contribution in [-0.2, 0) is 15.1 Å². The first-order valence-corrected chi connectivity index (χ1v) is 6.96. The van der Waals surface area contributed by atoms with Crippen molar-refractivity contribution < 1.29 is 14.6 Å². The highest BCUT2D eigenvalue weighted by Gasteiger charge is 2.43. The van der Waals surface area contributed by atoms with E-state index >= 15 is 0 Å². The SMILES string of the molecule is O=C(OC1CNC1)C(O)(c1ccccc1)c1ccccc1. The molecule has 0 saturated carbocycles. The van der Waals surface area contributed by atoms with E-state index in [1.807, 2.05) is 12.1 Å². The average molecular weight is 283 g/mol. The fourth-order valence-electron chi connectivity index (χ4n) is 2.34. The lowest BCUT2D eigenvalue weighted by Crippen LogP contribution is -2.52. The summed E-state index contributed by atoms with van der Waals surface area (Å²) in [5.41, 5.74) is -0.764. The number of hydrogen-bond acceptors (Lipinski definition) is 4. The normalized spacial score (nSPS) is 15.3. The van der Waals surface area contributed by atoms with Crippen molar-refractivity contribution in [3.05, 3.63) is 71.8 Å². The number of hydrogen-bond donors (Lipinski definition) is 2. The molecule has 0 bridgehead atoms. The van der Waals surface area contributed by atoms with Gasteiger partial charge in [-0.15, -0.1) is 0 Å². The van der Waals surface area contributed by atoms with E-state index in [-0.39, 0.29) is 6.10 Å². The van der Waals surface area contributed by atoms with Gasteiger partial charge < -0.3 is 15.2 Å². The quantitative estimate of drug-likeness (QED) is 0.834.